The van der Waals surface area contributed by atoms with Crippen molar-refractivity contribution in [2.45, 2.75) is 38.3 Å². The molecule has 1 N–H and O–H groups in total. The minimum absolute atomic E-state index is 0.00527. The van der Waals surface area contributed by atoms with Crippen LogP contribution in [0.15, 0.2) is 53.6 Å². The highest BCUT2D eigenvalue weighted by Crippen LogP contribution is 2.35. The van der Waals surface area contributed by atoms with Gasteiger partial charge in [0, 0.05) is 18.7 Å². The van der Waals surface area contributed by atoms with Gasteiger partial charge in [-0.1, -0.05) is 24.3 Å². The van der Waals surface area contributed by atoms with Crippen LogP contribution in [0, 0.1) is 0 Å². The normalized spacial score (nSPS) is 20.8. The van der Waals surface area contributed by atoms with Crippen molar-refractivity contribution in [3.8, 4) is 5.75 Å². The molecule has 1 fully saturated rings. The molecule has 32 heavy (non-hydrogen) atoms. The Morgan fingerprint density at radius 1 is 1.19 bits per heavy atom. The zero-order valence-corrected chi connectivity index (χ0v) is 19.0. The van der Waals surface area contributed by atoms with E-state index in [4.69, 9.17) is 9.47 Å². The number of nitrogens with zero attached hydrogens (tertiary/aromatic N) is 2. The maximum absolute atomic E-state index is 13.2. The number of anilines is 1. The first-order valence-electron chi connectivity index (χ1n) is 10.7. The largest absolute Gasteiger partial charge is 0.497 e. The number of ether oxygens (including phenoxy) is 2. The lowest BCUT2D eigenvalue weighted by molar-refractivity contribution is -0.142. The van der Waals surface area contributed by atoms with Crippen LogP contribution in [0.4, 0.5) is 5.69 Å². The van der Waals surface area contributed by atoms with Crippen LogP contribution >= 0.6 is 0 Å². The van der Waals surface area contributed by atoms with Crippen molar-refractivity contribution in [2.24, 2.45) is 5.10 Å². The molecule has 0 radical (unpaired) electrons. The quantitative estimate of drug-likeness (QED) is 0.688. The van der Waals surface area contributed by atoms with E-state index < -0.39 is 16.1 Å². The van der Waals surface area contributed by atoms with E-state index in [0.29, 0.717) is 25.1 Å². The number of hydrazone groups is 1. The van der Waals surface area contributed by atoms with Crippen LogP contribution in [0.1, 0.15) is 43.4 Å². The fourth-order valence-corrected chi connectivity index (χ4v) is 4.52. The first-order chi connectivity index (χ1) is 15.4. The van der Waals surface area contributed by atoms with Gasteiger partial charge >= 0.3 is 0 Å². The number of hydrogen-bond donors (Lipinski definition) is 1. The molecule has 2 aliphatic rings. The lowest BCUT2D eigenvalue weighted by Gasteiger charge is -2.24. The van der Waals surface area contributed by atoms with Gasteiger partial charge < -0.3 is 9.47 Å². The summed E-state index contributed by atoms with van der Waals surface area (Å²) in [5.74, 6) is 0.617. The summed E-state index contributed by atoms with van der Waals surface area (Å²) in [5.41, 5.74) is 3.06. The zero-order valence-electron chi connectivity index (χ0n) is 18.2. The molecule has 0 bridgehead atoms. The minimum Gasteiger partial charge on any atom is -0.497 e. The van der Waals surface area contributed by atoms with Gasteiger partial charge in [0.1, 0.15) is 11.9 Å². The number of carbonyl (C=O) groups is 1. The molecule has 2 atom stereocenters. The molecule has 2 heterocycles. The number of hydrogen-bond acceptors (Lipinski definition) is 6. The second kappa shape index (κ2) is 9.30. The molecular formula is C23H27N3O5S. The first kappa shape index (κ1) is 22.3. The molecule has 170 valence electrons. The Labute approximate surface area is 188 Å². The smallest absolute Gasteiger partial charge is 0.272 e. The summed E-state index contributed by atoms with van der Waals surface area (Å²) in [6.45, 7) is 2.17. The van der Waals surface area contributed by atoms with Gasteiger partial charge in [0.15, 0.2) is 0 Å². The molecular weight excluding hydrogens is 430 g/mol. The van der Waals surface area contributed by atoms with Crippen molar-refractivity contribution in [1.82, 2.24) is 5.01 Å². The highest BCUT2D eigenvalue weighted by Gasteiger charge is 2.38. The molecule has 1 saturated heterocycles. The molecule has 0 aliphatic carbocycles. The van der Waals surface area contributed by atoms with Crippen molar-refractivity contribution in [3.63, 3.8) is 0 Å². The number of carbonyl (C=O) groups excluding carboxylic acids is 1. The summed E-state index contributed by atoms with van der Waals surface area (Å²) in [6, 6.07) is 14.4. The summed E-state index contributed by atoms with van der Waals surface area (Å²) in [7, 11) is -1.73. The molecule has 2 aliphatic heterocycles. The lowest BCUT2D eigenvalue weighted by atomic mass is 9.98. The van der Waals surface area contributed by atoms with E-state index in [1.165, 1.54) is 0 Å². The highest BCUT2D eigenvalue weighted by atomic mass is 32.2. The van der Waals surface area contributed by atoms with Crippen LogP contribution in [0.25, 0.3) is 0 Å². The topological polar surface area (TPSA) is 97.3 Å². The summed E-state index contributed by atoms with van der Waals surface area (Å²) in [5, 5.41) is 6.22. The van der Waals surface area contributed by atoms with E-state index >= 15 is 0 Å². The van der Waals surface area contributed by atoms with Crippen LogP contribution in [-0.2, 0) is 19.6 Å². The third kappa shape index (κ3) is 4.78. The number of nitrogens with one attached hydrogen (secondary N) is 1. The minimum atomic E-state index is -3.34. The van der Waals surface area contributed by atoms with Crippen molar-refractivity contribution in [1.29, 1.82) is 0 Å². The van der Waals surface area contributed by atoms with Gasteiger partial charge in [-0.25, -0.2) is 13.4 Å². The second-order valence-corrected chi connectivity index (χ2v) is 9.82. The Bertz CT molecular complexity index is 1090. The molecule has 2 aromatic carbocycles. The SMILES string of the molecule is CCS(=O)(=O)Nc1ccc(C2=NN(C(=O)C3CCCO3)C(c3ccc(OC)cc3)C2)cc1. The molecule has 0 aromatic heterocycles. The second-order valence-electron chi connectivity index (χ2n) is 7.81. The van der Waals surface area contributed by atoms with Crippen molar-refractivity contribution >= 4 is 27.3 Å². The fraction of sp³-hybridized carbons (Fsp3) is 0.391. The summed E-state index contributed by atoms with van der Waals surface area (Å²) >= 11 is 0. The maximum Gasteiger partial charge on any atom is 0.272 e. The number of rotatable bonds is 7. The van der Waals surface area contributed by atoms with Gasteiger partial charge in [-0.15, -0.1) is 0 Å². The van der Waals surface area contributed by atoms with Crippen molar-refractivity contribution in [3.05, 3.63) is 59.7 Å². The molecule has 9 heteroatoms. The fourth-order valence-electron chi connectivity index (χ4n) is 3.88. The van der Waals surface area contributed by atoms with E-state index in [-0.39, 0.29) is 17.7 Å². The Kier molecular flexibility index (Phi) is 6.48. The molecule has 2 aromatic rings. The van der Waals surface area contributed by atoms with Crippen LogP contribution in [0.2, 0.25) is 0 Å². The Morgan fingerprint density at radius 2 is 1.91 bits per heavy atom. The number of methoxy groups -OCH3 is 1. The molecule has 4 rings (SSSR count). The standard InChI is InChI=1S/C23H27N3O5S/c1-3-32(28,29)25-18-10-6-16(7-11-18)20-15-21(17-8-12-19(30-2)13-9-17)26(24-20)23(27)22-5-4-14-31-22/h6-13,21-22,25H,3-5,14-15H2,1-2H3. The van der Waals surface area contributed by atoms with Crippen molar-refractivity contribution < 1.29 is 22.7 Å². The van der Waals surface area contributed by atoms with E-state index in [9.17, 15) is 13.2 Å². The Morgan fingerprint density at radius 3 is 2.50 bits per heavy atom. The molecule has 2 unspecified atom stereocenters. The monoisotopic (exact) mass is 457 g/mol. The molecule has 0 saturated carbocycles. The third-order valence-electron chi connectivity index (χ3n) is 5.71. The van der Waals surface area contributed by atoms with E-state index in [1.807, 2.05) is 36.4 Å². The predicted molar refractivity (Wildman–Crippen MR) is 122 cm³/mol. The number of sulfonamides is 1. The average Bonchev–Trinajstić information content (AvgIpc) is 3.50. The van der Waals surface area contributed by atoms with Crippen LogP contribution in [-0.4, -0.2) is 50.6 Å². The van der Waals surface area contributed by atoms with Crippen LogP contribution in [0.3, 0.4) is 0 Å². The van der Waals surface area contributed by atoms with Crippen LogP contribution < -0.4 is 9.46 Å². The number of benzene rings is 2. The highest BCUT2D eigenvalue weighted by molar-refractivity contribution is 7.92. The van der Waals surface area contributed by atoms with Gasteiger partial charge in [0.25, 0.3) is 5.91 Å². The van der Waals surface area contributed by atoms with E-state index in [1.54, 1.807) is 31.2 Å². The van der Waals surface area contributed by atoms with Gasteiger partial charge in [-0.2, -0.15) is 5.10 Å². The maximum atomic E-state index is 13.2. The Balaban J connectivity index is 1.60. The third-order valence-corrected chi connectivity index (χ3v) is 7.02. The lowest BCUT2D eigenvalue weighted by Crippen LogP contribution is -2.35. The van der Waals surface area contributed by atoms with Crippen molar-refractivity contribution in [2.75, 3.05) is 24.2 Å². The van der Waals surface area contributed by atoms with Gasteiger partial charge in [-0.3, -0.25) is 9.52 Å². The predicted octanol–water partition coefficient (Wildman–Crippen LogP) is 3.31. The molecule has 0 spiro atoms. The molecule has 8 nitrogen and oxygen atoms in total. The molecule has 1 amide bonds. The van der Waals surface area contributed by atoms with E-state index in [2.05, 4.69) is 9.82 Å². The summed E-state index contributed by atoms with van der Waals surface area (Å²) < 4.78 is 37.0. The summed E-state index contributed by atoms with van der Waals surface area (Å²) in [4.78, 5) is 13.2. The first-order valence-corrected chi connectivity index (χ1v) is 12.3. The van der Waals surface area contributed by atoms with Crippen LogP contribution in [0.5, 0.6) is 5.75 Å². The Hall–Kier alpha value is -2.91. The van der Waals surface area contributed by atoms with E-state index in [0.717, 1.165) is 29.0 Å². The number of amides is 1. The summed E-state index contributed by atoms with van der Waals surface area (Å²) in [6.07, 6.45) is 1.64. The zero-order chi connectivity index (χ0) is 22.7. The average molecular weight is 458 g/mol. The van der Waals surface area contributed by atoms with Gasteiger partial charge in [0.05, 0.1) is 24.6 Å². The van der Waals surface area contributed by atoms with Gasteiger partial charge in [-0.05, 0) is 55.2 Å². The van der Waals surface area contributed by atoms with Gasteiger partial charge in [0.2, 0.25) is 10.0 Å².